The zero-order valence-corrected chi connectivity index (χ0v) is 22.9. The molecule has 4 N–H and O–H groups in total. The summed E-state index contributed by atoms with van der Waals surface area (Å²) >= 11 is 0. The summed E-state index contributed by atoms with van der Waals surface area (Å²) in [4.78, 5) is 8.27. The number of nitrogens with zero attached hydrogens (tertiary/aromatic N) is 2. The Kier molecular flexibility index (Phi) is 7.96. The van der Waals surface area contributed by atoms with Crippen molar-refractivity contribution in [3.8, 4) is 11.1 Å². The van der Waals surface area contributed by atoms with E-state index >= 15 is 0 Å². The zero-order valence-electron chi connectivity index (χ0n) is 22.0. The molecule has 5 aromatic rings. The van der Waals surface area contributed by atoms with Crippen molar-refractivity contribution in [2.24, 2.45) is 21.5 Å². The van der Waals surface area contributed by atoms with Crippen molar-refractivity contribution in [3.63, 3.8) is 0 Å². The van der Waals surface area contributed by atoms with Crippen molar-refractivity contribution in [1.29, 1.82) is 0 Å². The SMILES string of the molecule is CC(N)=NC(N)=NCc1ccc(-c2ccc([P+](c3ccccc3)(c3ccccc3)c3ccccc3)cc2)cc1. The van der Waals surface area contributed by atoms with Crippen LogP contribution in [-0.4, -0.2) is 11.8 Å². The maximum absolute atomic E-state index is 5.80. The van der Waals surface area contributed by atoms with Crippen molar-refractivity contribution in [1.82, 2.24) is 0 Å². The lowest BCUT2D eigenvalue weighted by molar-refractivity contribution is 1.05. The highest BCUT2D eigenvalue weighted by Gasteiger charge is 2.47. The Bertz CT molecular complexity index is 1460. The van der Waals surface area contributed by atoms with Gasteiger partial charge in [0.2, 0.25) is 5.96 Å². The molecule has 5 rings (SSSR count). The summed E-state index contributed by atoms with van der Waals surface area (Å²) in [5.74, 6) is 0.588. The van der Waals surface area contributed by atoms with Crippen LogP contribution >= 0.6 is 7.26 Å². The average molecular weight is 528 g/mol. The van der Waals surface area contributed by atoms with E-state index in [4.69, 9.17) is 11.5 Å². The summed E-state index contributed by atoms with van der Waals surface area (Å²) in [6, 6.07) is 50.3. The Morgan fingerprint density at radius 2 is 0.923 bits per heavy atom. The van der Waals surface area contributed by atoms with Gasteiger partial charge in [-0.2, -0.15) is 0 Å². The van der Waals surface area contributed by atoms with Crippen molar-refractivity contribution in [2.75, 3.05) is 0 Å². The maximum atomic E-state index is 5.80. The van der Waals surface area contributed by atoms with E-state index in [1.54, 1.807) is 6.92 Å². The first-order chi connectivity index (χ1) is 19.1. The zero-order chi connectivity index (χ0) is 27.1. The topological polar surface area (TPSA) is 76.8 Å². The highest BCUT2D eigenvalue weighted by Crippen LogP contribution is 2.54. The van der Waals surface area contributed by atoms with E-state index in [9.17, 15) is 0 Å². The van der Waals surface area contributed by atoms with Crippen LogP contribution in [0.4, 0.5) is 0 Å². The van der Waals surface area contributed by atoms with Gasteiger partial charge < -0.3 is 11.5 Å². The van der Waals surface area contributed by atoms with E-state index in [-0.39, 0.29) is 5.96 Å². The maximum Gasteiger partial charge on any atom is 0.217 e. The second-order valence-corrected chi connectivity index (χ2v) is 12.8. The third kappa shape index (κ3) is 5.67. The molecule has 0 aromatic heterocycles. The van der Waals surface area contributed by atoms with E-state index in [0.29, 0.717) is 12.4 Å². The van der Waals surface area contributed by atoms with Crippen molar-refractivity contribution in [3.05, 3.63) is 145 Å². The molecule has 0 aliphatic rings. The quantitative estimate of drug-likeness (QED) is 0.174. The summed E-state index contributed by atoms with van der Waals surface area (Å²) in [6.45, 7) is 2.15. The minimum Gasteiger partial charge on any atom is -0.387 e. The van der Waals surface area contributed by atoms with Crippen LogP contribution in [0, 0.1) is 0 Å². The van der Waals surface area contributed by atoms with Gasteiger partial charge >= 0.3 is 0 Å². The summed E-state index contributed by atoms with van der Waals surface area (Å²) in [7, 11) is -2.10. The van der Waals surface area contributed by atoms with Crippen molar-refractivity contribution >= 4 is 40.3 Å². The lowest BCUT2D eigenvalue weighted by atomic mass is 10.0. The van der Waals surface area contributed by atoms with Crippen LogP contribution in [0.3, 0.4) is 0 Å². The summed E-state index contributed by atoms with van der Waals surface area (Å²) in [6.07, 6.45) is 0. The van der Waals surface area contributed by atoms with E-state index < -0.39 is 7.26 Å². The molecule has 39 heavy (non-hydrogen) atoms. The number of hydrogen-bond donors (Lipinski definition) is 2. The van der Waals surface area contributed by atoms with Crippen LogP contribution < -0.4 is 32.7 Å². The minimum atomic E-state index is -2.10. The predicted octanol–water partition coefficient (Wildman–Crippen LogP) is 5.16. The van der Waals surface area contributed by atoms with Crippen molar-refractivity contribution < 1.29 is 0 Å². The normalized spacial score (nSPS) is 12.3. The third-order valence-corrected chi connectivity index (χ3v) is 11.0. The molecule has 0 amide bonds. The second-order valence-electron chi connectivity index (χ2n) is 9.35. The van der Waals surface area contributed by atoms with E-state index in [0.717, 1.165) is 11.1 Å². The molecule has 0 saturated heterocycles. The van der Waals surface area contributed by atoms with Gasteiger partial charge in [0.25, 0.3) is 0 Å². The number of amidine groups is 1. The first kappa shape index (κ1) is 26.1. The smallest absolute Gasteiger partial charge is 0.217 e. The van der Waals surface area contributed by atoms with Crippen LogP contribution in [0.25, 0.3) is 11.1 Å². The van der Waals surface area contributed by atoms with Crippen LogP contribution in [0.5, 0.6) is 0 Å². The number of rotatable bonds is 7. The molecule has 192 valence electrons. The van der Waals surface area contributed by atoms with Crippen LogP contribution in [0.2, 0.25) is 0 Å². The van der Waals surface area contributed by atoms with Gasteiger partial charge in [-0.15, -0.1) is 0 Å². The molecule has 0 fully saturated rings. The second kappa shape index (κ2) is 11.9. The highest BCUT2D eigenvalue weighted by atomic mass is 31.2. The van der Waals surface area contributed by atoms with Crippen LogP contribution in [0.1, 0.15) is 12.5 Å². The van der Waals surface area contributed by atoms with Gasteiger partial charge in [-0.25, -0.2) is 9.98 Å². The molecule has 0 radical (unpaired) electrons. The van der Waals surface area contributed by atoms with Crippen molar-refractivity contribution in [2.45, 2.75) is 13.5 Å². The number of aliphatic imine (C=N–C) groups is 2. The number of guanidine groups is 1. The third-order valence-electron chi connectivity index (χ3n) is 6.69. The van der Waals surface area contributed by atoms with E-state index in [1.165, 1.54) is 26.8 Å². The summed E-state index contributed by atoms with van der Waals surface area (Å²) in [5, 5.41) is 5.35. The molecular weight excluding hydrogens is 495 g/mol. The summed E-state index contributed by atoms with van der Waals surface area (Å²) in [5.41, 5.74) is 14.8. The molecule has 4 nitrogen and oxygen atoms in total. The Morgan fingerprint density at radius 3 is 1.33 bits per heavy atom. The summed E-state index contributed by atoms with van der Waals surface area (Å²) < 4.78 is 0. The Labute approximate surface area is 231 Å². The molecule has 0 atom stereocenters. The Balaban J connectivity index is 1.54. The van der Waals surface area contributed by atoms with Gasteiger partial charge in [-0.05, 0) is 72.1 Å². The van der Waals surface area contributed by atoms with E-state index in [1.807, 2.05) is 0 Å². The predicted molar refractivity (Wildman–Crippen MR) is 169 cm³/mol. The molecule has 0 aliphatic heterocycles. The largest absolute Gasteiger partial charge is 0.387 e. The number of benzene rings is 5. The van der Waals surface area contributed by atoms with Crippen LogP contribution in [0.15, 0.2) is 150 Å². The lowest BCUT2D eigenvalue weighted by Gasteiger charge is -2.27. The highest BCUT2D eigenvalue weighted by molar-refractivity contribution is 8.01. The van der Waals surface area contributed by atoms with Gasteiger partial charge in [0.1, 0.15) is 28.5 Å². The van der Waals surface area contributed by atoms with Gasteiger partial charge in [-0.3, -0.25) is 0 Å². The lowest BCUT2D eigenvalue weighted by Crippen LogP contribution is -2.38. The molecule has 0 spiro atoms. The molecule has 5 heteroatoms. The number of nitrogens with two attached hydrogens (primary N) is 2. The minimum absolute atomic E-state index is 0.191. The molecule has 0 saturated carbocycles. The standard InChI is InChI=1S/C34H32N4P/c1-26(35)38-34(36)37-25-27-17-19-28(20-18-27)29-21-23-33(24-22-29)39(30-11-5-2-6-12-30,31-13-7-3-8-14-31)32-15-9-4-10-16-32/h2-24H,25H2,1H3,(H4,35,36,37,38)/q+1. The van der Waals surface area contributed by atoms with Gasteiger partial charge in [0, 0.05) is 0 Å². The molecular formula is C34H32N4P+. The average Bonchev–Trinajstić information content (AvgIpc) is 2.99. The van der Waals surface area contributed by atoms with Gasteiger partial charge in [0.15, 0.2) is 0 Å². The Morgan fingerprint density at radius 1 is 0.538 bits per heavy atom. The number of hydrogen-bond acceptors (Lipinski definition) is 1. The fourth-order valence-corrected chi connectivity index (χ4v) is 9.16. The molecule has 5 aromatic carbocycles. The van der Waals surface area contributed by atoms with Gasteiger partial charge in [0.05, 0.1) is 12.4 Å². The molecule has 0 aliphatic carbocycles. The van der Waals surface area contributed by atoms with E-state index in [2.05, 4.69) is 150 Å². The Hall–Kier alpha value is -4.53. The monoisotopic (exact) mass is 527 g/mol. The first-order valence-electron chi connectivity index (χ1n) is 12.9. The molecule has 0 unspecified atom stereocenters. The van der Waals surface area contributed by atoms with Crippen LogP contribution in [-0.2, 0) is 6.54 Å². The molecule has 0 bridgehead atoms. The first-order valence-corrected chi connectivity index (χ1v) is 14.7. The molecule has 0 heterocycles. The fraction of sp³-hybridized carbons (Fsp3) is 0.0588. The fourth-order valence-electron chi connectivity index (χ4n) is 4.92. The van der Waals surface area contributed by atoms with Gasteiger partial charge in [-0.1, -0.05) is 91.0 Å².